The van der Waals surface area contributed by atoms with Gasteiger partial charge in [-0.1, -0.05) is 11.6 Å². The number of anilines is 1. The third kappa shape index (κ3) is 2.91. The minimum atomic E-state index is -1.11. The van der Waals surface area contributed by atoms with Crippen molar-refractivity contribution in [1.29, 1.82) is 0 Å². The largest absolute Gasteiger partial charge is 0.478 e. The first-order chi connectivity index (χ1) is 8.99. The quantitative estimate of drug-likeness (QED) is 0.912. The van der Waals surface area contributed by atoms with Crippen molar-refractivity contribution in [2.45, 2.75) is 6.92 Å². The fraction of sp³-hybridized carbons (Fsp3) is 0.0833. The smallest absolute Gasteiger partial charge is 0.337 e. The van der Waals surface area contributed by atoms with Gasteiger partial charge in [0.1, 0.15) is 4.88 Å². The van der Waals surface area contributed by atoms with E-state index in [1.54, 1.807) is 12.4 Å². The summed E-state index contributed by atoms with van der Waals surface area (Å²) in [6.07, 6.45) is 0. The number of carboxylic acids is 1. The number of nitrogens with one attached hydrogen (secondary N) is 1. The van der Waals surface area contributed by atoms with Gasteiger partial charge in [-0.3, -0.25) is 4.79 Å². The number of benzene rings is 1. The van der Waals surface area contributed by atoms with Crippen molar-refractivity contribution in [3.8, 4) is 0 Å². The highest BCUT2D eigenvalue weighted by atomic mass is 35.5. The molecule has 0 spiro atoms. The lowest BCUT2D eigenvalue weighted by molar-refractivity contribution is 0.0697. The van der Waals surface area contributed by atoms with E-state index in [0.29, 0.717) is 16.3 Å². The van der Waals surface area contributed by atoms with Gasteiger partial charge in [0.05, 0.1) is 21.8 Å². The van der Waals surface area contributed by atoms with Gasteiger partial charge in [-0.25, -0.2) is 9.78 Å². The second-order valence-corrected chi connectivity index (χ2v) is 4.98. The van der Waals surface area contributed by atoms with Gasteiger partial charge in [0.15, 0.2) is 0 Å². The minimum absolute atomic E-state index is 0.00589. The van der Waals surface area contributed by atoms with Crippen LogP contribution in [0.4, 0.5) is 5.69 Å². The number of thiazole rings is 1. The molecule has 0 aliphatic rings. The zero-order chi connectivity index (χ0) is 14.0. The maximum atomic E-state index is 11.9. The van der Waals surface area contributed by atoms with E-state index >= 15 is 0 Å². The Morgan fingerprint density at radius 1 is 1.42 bits per heavy atom. The summed E-state index contributed by atoms with van der Waals surface area (Å²) in [7, 11) is 0. The third-order valence-corrected chi connectivity index (χ3v) is 3.65. The summed E-state index contributed by atoms with van der Waals surface area (Å²) in [4.78, 5) is 27.2. The molecule has 0 fully saturated rings. The van der Waals surface area contributed by atoms with Gasteiger partial charge in [-0.05, 0) is 25.1 Å². The molecule has 1 aromatic carbocycles. The number of hydrogen-bond acceptors (Lipinski definition) is 4. The van der Waals surface area contributed by atoms with Gasteiger partial charge in [0.2, 0.25) is 0 Å². The van der Waals surface area contributed by atoms with Crippen LogP contribution < -0.4 is 5.32 Å². The number of aromatic nitrogens is 1. The van der Waals surface area contributed by atoms with Crippen LogP contribution in [0, 0.1) is 6.92 Å². The molecule has 0 saturated carbocycles. The Kier molecular flexibility index (Phi) is 3.82. The summed E-state index contributed by atoms with van der Waals surface area (Å²) in [6, 6.07) is 4.24. The van der Waals surface area contributed by atoms with Gasteiger partial charge in [-0.2, -0.15) is 0 Å². The van der Waals surface area contributed by atoms with Crippen LogP contribution in [0.1, 0.15) is 25.7 Å². The average molecular weight is 297 g/mol. The normalized spacial score (nSPS) is 10.2. The van der Waals surface area contributed by atoms with E-state index in [-0.39, 0.29) is 16.5 Å². The van der Waals surface area contributed by atoms with Crippen molar-refractivity contribution in [3.63, 3.8) is 0 Å². The molecular weight excluding hydrogens is 288 g/mol. The standard InChI is InChI=1S/C12H9ClN2O3S/c1-6-10(19-5-14-6)11(16)15-7-2-3-8(12(17)18)9(13)4-7/h2-5H,1H3,(H,15,16)(H,17,18). The van der Waals surface area contributed by atoms with Crippen LogP contribution in [0.3, 0.4) is 0 Å². The molecule has 7 heteroatoms. The van der Waals surface area contributed by atoms with Crippen molar-refractivity contribution >= 4 is 40.5 Å². The lowest BCUT2D eigenvalue weighted by Gasteiger charge is -2.06. The molecule has 5 nitrogen and oxygen atoms in total. The summed E-state index contributed by atoms with van der Waals surface area (Å²) < 4.78 is 0. The molecule has 1 aromatic heterocycles. The molecule has 0 radical (unpaired) electrons. The number of aromatic carboxylic acids is 1. The molecular formula is C12H9ClN2O3S. The molecule has 1 amide bonds. The summed E-state index contributed by atoms with van der Waals surface area (Å²) in [5.41, 5.74) is 2.67. The Morgan fingerprint density at radius 3 is 2.68 bits per heavy atom. The summed E-state index contributed by atoms with van der Waals surface area (Å²) >= 11 is 7.06. The number of aryl methyl sites for hydroxylation is 1. The highest BCUT2D eigenvalue weighted by Gasteiger charge is 2.14. The van der Waals surface area contributed by atoms with E-state index in [9.17, 15) is 9.59 Å². The average Bonchev–Trinajstić information content (AvgIpc) is 2.75. The monoisotopic (exact) mass is 296 g/mol. The predicted molar refractivity (Wildman–Crippen MR) is 73.2 cm³/mol. The molecule has 1 heterocycles. The highest BCUT2D eigenvalue weighted by molar-refractivity contribution is 7.12. The van der Waals surface area contributed by atoms with Crippen LogP contribution in [0.25, 0.3) is 0 Å². The number of nitrogens with zero attached hydrogens (tertiary/aromatic N) is 1. The highest BCUT2D eigenvalue weighted by Crippen LogP contribution is 2.22. The van der Waals surface area contributed by atoms with Crippen LogP contribution in [0.2, 0.25) is 5.02 Å². The topological polar surface area (TPSA) is 79.3 Å². The zero-order valence-corrected chi connectivity index (χ0v) is 11.4. The van der Waals surface area contributed by atoms with Gasteiger partial charge in [0, 0.05) is 5.69 Å². The molecule has 98 valence electrons. The second-order valence-electron chi connectivity index (χ2n) is 3.72. The molecule has 0 unspecified atom stereocenters. The van der Waals surface area contributed by atoms with Crippen LogP contribution >= 0.6 is 22.9 Å². The first-order valence-electron chi connectivity index (χ1n) is 5.23. The van der Waals surface area contributed by atoms with Gasteiger partial charge in [0.25, 0.3) is 5.91 Å². The zero-order valence-electron chi connectivity index (χ0n) is 9.81. The summed E-state index contributed by atoms with van der Waals surface area (Å²) in [5, 5.41) is 11.6. The van der Waals surface area contributed by atoms with E-state index < -0.39 is 5.97 Å². The number of amides is 1. The molecule has 0 bridgehead atoms. The number of hydrogen-bond donors (Lipinski definition) is 2. The molecule has 2 rings (SSSR count). The number of carboxylic acid groups (broad SMARTS) is 1. The molecule has 0 atom stereocenters. The van der Waals surface area contributed by atoms with Crippen molar-refractivity contribution in [3.05, 3.63) is 44.9 Å². The van der Waals surface area contributed by atoms with E-state index in [0.717, 1.165) is 0 Å². The SMILES string of the molecule is Cc1ncsc1C(=O)Nc1ccc(C(=O)O)c(Cl)c1. The Balaban J connectivity index is 2.21. The Morgan fingerprint density at radius 2 is 2.16 bits per heavy atom. The third-order valence-electron chi connectivity index (χ3n) is 2.41. The van der Waals surface area contributed by atoms with E-state index in [1.807, 2.05) is 0 Å². The number of carbonyl (C=O) groups excluding carboxylic acids is 1. The Hall–Kier alpha value is -1.92. The van der Waals surface area contributed by atoms with Gasteiger partial charge < -0.3 is 10.4 Å². The van der Waals surface area contributed by atoms with E-state index in [2.05, 4.69) is 10.3 Å². The lowest BCUT2D eigenvalue weighted by Crippen LogP contribution is -2.12. The second kappa shape index (κ2) is 5.38. The predicted octanol–water partition coefficient (Wildman–Crippen LogP) is 3.06. The van der Waals surface area contributed by atoms with Crippen LogP contribution in [0.5, 0.6) is 0 Å². The fourth-order valence-corrected chi connectivity index (χ4v) is 2.43. The Labute approximate surface area is 117 Å². The molecule has 19 heavy (non-hydrogen) atoms. The Bertz CT molecular complexity index is 654. The molecule has 2 N–H and O–H groups in total. The van der Waals surface area contributed by atoms with Crippen molar-refractivity contribution < 1.29 is 14.7 Å². The van der Waals surface area contributed by atoms with Crippen LogP contribution in [-0.4, -0.2) is 22.0 Å². The molecule has 0 aliphatic heterocycles. The van der Waals surface area contributed by atoms with Crippen molar-refractivity contribution in [1.82, 2.24) is 4.98 Å². The summed E-state index contributed by atoms with van der Waals surface area (Å²) in [5.74, 6) is -1.40. The number of carbonyl (C=O) groups is 2. The van der Waals surface area contributed by atoms with Crippen molar-refractivity contribution in [2.75, 3.05) is 5.32 Å². The van der Waals surface area contributed by atoms with Gasteiger partial charge in [-0.15, -0.1) is 11.3 Å². The van der Waals surface area contributed by atoms with Crippen LogP contribution in [-0.2, 0) is 0 Å². The van der Waals surface area contributed by atoms with E-state index in [1.165, 1.54) is 29.5 Å². The lowest BCUT2D eigenvalue weighted by atomic mass is 10.2. The number of rotatable bonds is 3. The first-order valence-corrected chi connectivity index (χ1v) is 6.49. The minimum Gasteiger partial charge on any atom is -0.478 e. The van der Waals surface area contributed by atoms with Crippen molar-refractivity contribution in [2.24, 2.45) is 0 Å². The summed E-state index contributed by atoms with van der Waals surface area (Å²) in [6.45, 7) is 1.74. The maximum Gasteiger partial charge on any atom is 0.337 e. The fourth-order valence-electron chi connectivity index (χ4n) is 1.47. The molecule has 2 aromatic rings. The first kappa shape index (κ1) is 13.5. The number of halogens is 1. The molecule has 0 saturated heterocycles. The van der Waals surface area contributed by atoms with Gasteiger partial charge >= 0.3 is 5.97 Å². The van der Waals surface area contributed by atoms with E-state index in [4.69, 9.17) is 16.7 Å². The maximum absolute atomic E-state index is 11.9. The molecule has 0 aliphatic carbocycles. The van der Waals surface area contributed by atoms with Crippen LogP contribution in [0.15, 0.2) is 23.7 Å².